The van der Waals surface area contributed by atoms with Gasteiger partial charge in [-0.2, -0.15) is 10.1 Å². The van der Waals surface area contributed by atoms with Gasteiger partial charge in [0.1, 0.15) is 5.82 Å². The fourth-order valence-electron chi connectivity index (χ4n) is 2.35. The Morgan fingerprint density at radius 2 is 2.26 bits per heavy atom. The Kier molecular flexibility index (Phi) is 4.23. The molecular weight excluding hydrogens is 341 g/mol. The fourth-order valence-corrected chi connectivity index (χ4v) is 2.69. The first kappa shape index (κ1) is 15.8. The molecule has 2 heterocycles. The first-order valence-electron chi connectivity index (χ1n) is 6.89. The monoisotopic (exact) mass is 353 g/mol. The molecule has 0 spiro atoms. The van der Waals surface area contributed by atoms with Crippen LogP contribution in [0.1, 0.15) is 12.2 Å². The summed E-state index contributed by atoms with van der Waals surface area (Å²) in [6.07, 6.45) is 0.00697. The molecule has 0 aliphatic carbocycles. The van der Waals surface area contributed by atoms with Crippen LogP contribution in [-0.2, 0) is 16.1 Å². The van der Waals surface area contributed by atoms with Crippen LogP contribution in [0.25, 0.3) is 0 Å². The second-order valence-electron chi connectivity index (χ2n) is 5.23. The molecular formula is C14H13Cl2N5O2. The van der Waals surface area contributed by atoms with E-state index in [1.807, 2.05) is 0 Å². The van der Waals surface area contributed by atoms with Crippen molar-refractivity contribution >= 4 is 46.7 Å². The van der Waals surface area contributed by atoms with Crippen molar-refractivity contribution < 1.29 is 9.59 Å². The molecule has 120 valence electrons. The van der Waals surface area contributed by atoms with Gasteiger partial charge in [-0.15, -0.1) is 0 Å². The van der Waals surface area contributed by atoms with Gasteiger partial charge in [0.05, 0.1) is 23.2 Å². The van der Waals surface area contributed by atoms with Crippen molar-refractivity contribution in [3.8, 4) is 0 Å². The molecule has 2 N–H and O–H groups in total. The number of halogens is 2. The SMILES string of the molecule is Cc1nc2n(n1)C[C@H](CC(=O)Nc1cc(Cl)ccc1Cl)C(=O)N2. The van der Waals surface area contributed by atoms with Gasteiger partial charge in [0.2, 0.25) is 17.8 Å². The van der Waals surface area contributed by atoms with Crippen LogP contribution in [-0.4, -0.2) is 26.6 Å². The molecule has 0 saturated carbocycles. The van der Waals surface area contributed by atoms with Crippen molar-refractivity contribution in [2.75, 3.05) is 10.6 Å². The largest absolute Gasteiger partial charge is 0.325 e. The molecule has 0 saturated heterocycles. The Bertz CT molecular complexity index is 789. The van der Waals surface area contributed by atoms with Crippen LogP contribution in [0.15, 0.2) is 18.2 Å². The smallest absolute Gasteiger partial charge is 0.232 e. The quantitative estimate of drug-likeness (QED) is 0.886. The molecule has 2 aromatic rings. The topological polar surface area (TPSA) is 88.9 Å². The van der Waals surface area contributed by atoms with Gasteiger partial charge in [-0.05, 0) is 25.1 Å². The van der Waals surface area contributed by atoms with Gasteiger partial charge in [0.15, 0.2) is 0 Å². The Balaban J connectivity index is 1.68. The summed E-state index contributed by atoms with van der Waals surface area (Å²) in [5.74, 6) is -0.133. The summed E-state index contributed by atoms with van der Waals surface area (Å²) in [6.45, 7) is 2.04. The van der Waals surface area contributed by atoms with Crippen molar-refractivity contribution in [2.24, 2.45) is 5.92 Å². The number of hydrogen-bond donors (Lipinski definition) is 2. The number of hydrogen-bond acceptors (Lipinski definition) is 4. The van der Waals surface area contributed by atoms with Gasteiger partial charge in [-0.1, -0.05) is 23.2 Å². The molecule has 7 nitrogen and oxygen atoms in total. The maximum Gasteiger partial charge on any atom is 0.232 e. The van der Waals surface area contributed by atoms with Crippen LogP contribution >= 0.6 is 23.2 Å². The van der Waals surface area contributed by atoms with Crippen molar-refractivity contribution in [1.82, 2.24) is 14.8 Å². The number of carbonyl (C=O) groups is 2. The van der Waals surface area contributed by atoms with Crippen LogP contribution in [0.2, 0.25) is 10.0 Å². The minimum Gasteiger partial charge on any atom is -0.325 e. The van der Waals surface area contributed by atoms with Crippen molar-refractivity contribution in [3.63, 3.8) is 0 Å². The van der Waals surface area contributed by atoms with E-state index in [0.29, 0.717) is 34.1 Å². The number of amides is 2. The number of benzene rings is 1. The Morgan fingerprint density at radius 1 is 1.48 bits per heavy atom. The van der Waals surface area contributed by atoms with E-state index >= 15 is 0 Å². The van der Waals surface area contributed by atoms with E-state index in [9.17, 15) is 9.59 Å². The second kappa shape index (κ2) is 6.17. The predicted molar refractivity (Wildman–Crippen MR) is 86.6 cm³/mol. The predicted octanol–water partition coefficient (Wildman–Crippen LogP) is 2.49. The Hall–Kier alpha value is -2.12. The highest BCUT2D eigenvalue weighted by molar-refractivity contribution is 6.35. The molecule has 1 aromatic carbocycles. The van der Waals surface area contributed by atoms with E-state index in [2.05, 4.69) is 20.7 Å². The van der Waals surface area contributed by atoms with Crippen LogP contribution < -0.4 is 10.6 Å². The first-order valence-corrected chi connectivity index (χ1v) is 7.65. The zero-order chi connectivity index (χ0) is 16.6. The zero-order valence-electron chi connectivity index (χ0n) is 12.1. The molecule has 1 aliphatic heterocycles. The number of carbonyl (C=O) groups excluding carboxylic acids is 2. The number of nitrogens with one attached hydrogen (secondary N) is 2. The third-order valence-electron chi connectivity index (χ3n) is 3.41. The van der Waals surface area contributed by atoms with Gasteiger partial charge in [-0.3, -0.25) is 14.9 Å². The normalized spacial score (nSPS) is 16.7. The molecule has 0 radical (unpaired) electrons. The highest BCUT2D eigenvalue weighted by Crippen LogP contribution is 2.26. The number of nitrogens with zero attached hydrogens (tertiary/aromatic N) is 3. The van der Waals surface area contributed by atoms with E-state index in [-0.39, 0.29) is 18.2 Å². The molecule has 0 unspecified atom stereocenters. The summed E-state index contributed by atoms with van der Waals surface area (Å²) in [4.78, 5) is 28.3. The van der Waals surface area contributed by atoms with Crippen LogP contribution in [0.4, 0.5) is 11.6 Å². The maximum absolute atomic E-state index is 12.2. The van der Waals surface area contributed by atoms with Crippen LogP contribution in [0.5, 0.6) is 0 Å². The van der Waals surface area contributed by atoms with E-state index in [1.165, 1.54) is 0 Å². The lowest BCUT2D eigenvalue weighted by Gasteiger charge is -2.21. The molecule has 0 fully saturated rings. The fraction of sp³-hybridized carbons (Fsp3) is 0.286. The average molecular weight is 354 g/mol. The minimum atomic E-state index is -0.526. The number of rotatable bonds is 3. The second-order valence-corrected chi connectivity index (χ2v) is 6.07. The van der Waals surface area contributed by atoms with E-state index in [4.69, 9.17) is 23.2 Å². The average Bonchev–Trinajstić information content (AvgIpc) is 2.82. The summed E-state index contributed by atoms with van der Waals surface area (Å²) in [7, 11) is 0. The lowest BCUT2D eigenvalue weighted by molar-refractivity contribution is -0.125. The maximum atomic E-state index is 12.2. The van der Waals surface area contributed by atoms with Gasteiger partial charge in [-0.25, -0.2) is 4.68 Å². The summed E-state index contributed by atoms with van der Waals surface area (Å²) in [6, 6.07) is 4.78. The summed E-state index contributed by atoms with van der Waals surface area (Å²) >= 11 is 11.9. The third kappa shape index (κ3) is 3.46. The van der Waals surface area contributed by atoms with E-state index in [1.54, 1.807) is 29.8 Å². The molecule has 23 heavy (non-hydrogen) atoms. The molecule has 0 bridgehead atoms. The minimum absolute atomic E-state index is 0.00697. The van der Waals surface area contributed by atoms with Crippen LogP contribution in [0, 0.1) is 12.8 Å². The summed E-state index contributed by atoms with van der Waals surface area (Å²) in [5.41, 5.74) is 0.415. The standard InChI is InChI=1S/C14H13Cl2N5O2/c1-7-17-14-19-13(23)8(6-21(14)20-7)4-12(22)18-11-5-9(15)2-3-10(11)16/h2-3,5,8H,4,6H2,1H3,(H,18,22)(H,17,19,20,23)/t8-/m0/s1. The van der Waals surface area contributed by atoms with Crippen molar-refractivity contribution in [2.45, 2.75) is 19.9 Å². The Labute approximate surface area is 142 Å². The van der Waals surface area contributed by atoms with Gasteiger partial charge >= 0.3 is 0 Å². The van der Waals surface area contributed by atoms with Crippen LogP contribution in [0.3, 0.4) is 0 Å². The Morgan fingerprint density at radius 3 is 3.04 bits per heavy atom. The molecule has 1 atom stereocenters. The first-order chi connectivity index (χ1) is 10.9. The third-order valence-corrected chi connectivity index (χ3v) is 3.98. The summed E-state index contributed by atoms with van der Waals surface area (Å²) < 4.78 is 1.58. The zero-order valence-corrected chi connectivity index (χ0v) is 13.6. The van der Waals surface area contributed by atoms with E-state index in [0.717, 1.165) is 0 Å². The number of aryl methyl sites for hydroxylation is 1. The van der Waals surface area contributed by atoms with Crippen molar-refractivity contribution in [3.05, 3.63) is 34.1 Å². The lowest BCUT2D eigenvalue weighted by atomic mass is 10.0. The van der Waals surface area contributed by atoms with Gasteiger partial charge < -0.3 is 5.32 Å². The molecule has 9 heteroatoms. The van der Waals surface area contributed by atoms with Gasteiger partial charge in [0, 0.05) is 11.4 Å². The molecule has 1 aliphatic rings. The molecule has 3 rings (SSSR count). The number of aromatic nitrogens is 3. The highest BCUT2D eigenvalue weighted by atomic mass is 35.5. The summed E-state index contributed by atoms with van der Waals surface area (Å²) in [5, 5.41) is 10.3. The van der Waals surface area contributed by atoms with Gasteiger partial charge in [0.25, 0.3) is 0 Å². The lowest BCUT2D eigenvalue weighted by Crippen LogP contribution is -2.36. The number of fused-ring (bicyclic) bond motifs is 1. The molecule has 2 amide bonds. The van der Waals surface area contributed by atoms with E-state index < -0.39 is 5.92 Å². The molecule has 1 aromatic heterocycles. The number of anilines is 2. The van der Waals surface area contributed by atoms with Crippen molar-refractivity contribution in [1.29, 1.82) is 0 Å². The highest BCUT2D eigenvalue weighted by Gasteiger charge is 2.30.